The summed E-state index contributed by atoms with van der Waals surface area (Å²) in [4.78, 5) is 22.5. The number of nitrogens with one attached hydrogen (secondary N) is 1. The van der Waals surface area contributed by atoms with Crippen molar-refractivity contribution in [2.45, 2.75) is 25.7 Å². The number of amides is 1. The smallest absolute Gasteiger partial charge is 0.311 e. The van der Waals surface area contributed by atoms with Crippen LogP contribution in [0.15, 0.2) is 18.2 Å². The first kappa shape index (κ1) is 14.4. The Morgan fingerprint density at radius 3 is 2.50 bits per heavy atom. The first-order valence-electron chi connectivity index (χ1n) is 6.37. The molecule has 4 nitrogen and oxygen atoms in total. The van der Waals surface area contributed by atoms with E-state index in [1.54, 1.807) is 0 Å². The highest BCUT2D eigenvalue weighted by Crippen LogP contribution is 2.45. The van der Waals surface area contributed by atoms with Crippen molar-refractivity contribution in [3.63, 3.8) is 0 Å². The fraction of sp³-hybridized carbons (Fsp3) is 0.429. The molecule has 0 radical (unpaired) electrons. The predicted octanol–water partition coefficient (Wildman–Crippen LogP) is 1.88. The van der Waals surface area contributed by atoms with Crippen molar-refractivity contribution < 1.29 is 23.5 Å². The fourth-order valence-corrected chi connectivity index (χ4v) is 1.93. The van der Waals surface area contributed by atoms with E-state index in [0.29, 0.717) is 18.4 Å². The van der Waals surface area contributed by atoms with Crippen molar-refractivity contribution in [3.8, 4) is 0 Å². The van der Waals surface area contributed by atoms with Crippen LogP contribution in [0, 0.1) is 17.0 Å². The van der Waals surface area contributed by atoms with E-state index in [9.17, 15) is 18.4 Å². The van der Waals surface area contributed by atoms with Gasteiger partial charge in [0, 0.05) is 13.0 Å². The molecule has 1 fully saturated rings. The summed E-state index contributed by atoms with van der Waals surface area (Å²) in [5.41, 5.74) is -0.268. The molecule has 0 atom stereocenters. The van der Waals surface area contributed by atoms with Gasteiger partial charge < -0.3 is 10.4 Å². The minimum absolute atomic E-state index is 0.112. The lowest BCUT2D eigenvalue weighted by molar-refractivity contribution is -0.143. The predicted molar refractivity (Wildman–Crippen MR) is 67.0 cm³/mol. The van der Waals surface area contributed by atoms with Crippen LogP contribution in [0.25, 0.3) is 0 Å². The Bertz CT molecular complexity index is 541. The van der Waals surface area contributed by atoms with Crippen LogP contribution < -0.4 is 5.32 Å². The van der Waals surface area contributed by atoms with Crippen molar-refractivity contribution in [1.29, 1.82) is 0 Å². The fourth-order valence-electron chi connectivity index (χ4n) is 1.93. The lowest BCUT2D eigenvalue weighted by Crippen LogP contribution is -2.34. The zero-order chi connectivity index (χ0) is 14.8. The highest BCUT2D eigenvalue weighted by molar-refractivity contribution is 5.81. The molecular weight excluding hydrogens is 268 g/mol. The summed E-state index contributed by atoms with van der Waals surface area (Å²) in [5.74, 6) is -3.04. The Balaban J connectivity index is 1.78. The van der Waals surface area contributed by atoms with Crippen LogP contribution in [-0.2, 0) is 16.0 Å². The first-order valence-corrected chi connectivity index (χ1v) is 6.37. The normalized spacial score (nSPS) is 15.7. The molecule has 0 saturated heterocycles. The zero-order valence-corrected chi connectivity index (χ0v) is 10.8. The van der Waals surface area contributed by atoms with Crippen LogP contribution in [0.5, 0.6) is 0 Å². The van der Waals surface area contributed by atoms with Crippen LogP contribution in [0.3, 0.4) is 0 Å². The molecule has 2 rings (SSSR count). The van der Waals surface area contributed by atoms with Gasteiger partial charge in [0.15, 0.2) is 11.6 Å². The monoisotopic (exact) mass is 283 g/mol. The topological polar surface area (TPSA) is 66.4 Å². The number of aryl methyl sites for hydroxylation is 1. The van der Waals surface area contributed by atoms with Crippen molar-refractivity contribution in [1.82, 2.24) is 5.32 Å². The van der Waals surface area contributed by atoms with Crippen molar-refractivity contribution in [3.05, 3.63) is 35.4 Å². The molecule has 6 heteroatoms. The molecule has 1 saturated carbocycles. The van der Waals surface area contributed by atoms with E-state index in [0.717, 1.165) is 12.1 Å². The standard InChI is InChI=1S/C14H15F2NO3/c15-10-3-1-9(7-11(10)16)2-4-12(18)17-8-14(5-6-14)13(19)20/h1,3,7H,2,4-6,8H2,(H,17,18)(H,19,20). The van der Waals surface area contributed by atoms with Gasteiger partial charge in [0.05, 0.1) is 5.41 Å². The summed E-state index contributed by atoms with van der Waals surface area (Å²) < 4.78 is 25.7. The van der Waals surface area contributed by atoms with Gasteiger partial charge in [0.2, 0.25) is 5.91 Å². The average molecular weight is 283 g/mol. The molecule has 0 aromatic heterocycles. The lowest BCUT2D eigenvalue weighted by Gasteiger charge is -2.11. The maximum Gasteiger partial charge on any atom is 0.311 e. The van der Waals surface area contributed by atoms with Gasteiger partial charge in [-0.05, 0) is 37.0 Å². The lowest BCUT2D eigenvalue weighted by atomic mass is 10.1. The van der Waals surface area contributed by atoms with E-state index in [4.69, 9.17) is 5.11 Å². The first-order chi connectivity index (χ1) is 9.43. The van der Waals surface area contributed by atoms with Gasteiger partial charge in [0.1, 0.15) is 0 Å². The summed E-state index contributed by atoms with van der Waals surface area (Å²) in [5, 5.41) is 11.5. The Labute approximate surface area is 114 Å². The van der Waals surface area contributed by atoms with Crippen molar-refractivity contribution in [2.75, 3.05) is 6.54 Å². The molecule has 1 amide bonds. The van der Waals surface area contributed by atoms with Crippen LogP contribution in [0.4, 0.5) is 8.78 Å². The quantitative estimate of drug-likeness (QED) is 0.837. The zero-order valence-electron chi connectivity index (χ0n) is 10.8. The van der Waals surface area contributed by atoms with Gasteiger partial charge in [-0.2, -0.15) is 0 Å². The van der Waals surface area contributed by atoms with Gasteiger partial charge in [-0.1, -0.05) is 6.07 Å². The molecule has 1 aliphatic carbocycles. The molecule has 0 unspecified atom stereocenters. The number of rotatable bonds is 6. The summed E-state index contributed by atoms with van der Waals surface area (Å²) in [6, 6.07) is 3.50. The molecule has 2 N–H and O–H groups in total. The van der Waals surface area contributed by atoms with Gasteiger partial charge in [-0.25, -0.2) is 8.78 Å². The number of carbonyl (C=O) groups is 2. The molecule has 0 heterocycles. The number of carboxylic acids is 1. The summed E-state index contributed by atoms with van der Waals surface area (Å²) in [6.07, 6.45) is 1.54. The SMILES string of the molecule is O=C(CCc1ccc(F)c(F)c1)NCC1(C(=O)O)CC1. The number of carboxylic acid groups (broad SMARTS) is 1. The van der Waals surface area contributed by atoms with E-state index in [1.165, 1.54) is 6.07 Å². The second-order valence-corrected chi connectivity index (χ2v) is 5.11. The number of aliphatic carboxylic acids is 1. The third-order valence-electron chi connectivity index (χ3n) is 3.56. The largest absolute Gasteiger partial charge is 0.481 e. The Morgan fingerprint density at radius 2 is 1.95 bits per heavy atom. The van der Waals surface area contributed by atoms with Crippen molar-refractivity contribution >= 4 is 11.9 Å². The number of carbonyl (C=O) groups excluding carboxylic acids is 1. The van der Waals surface area contributed by atoms with Crippen LogP contribution >= 0.6 is 0 Å². The van der Waals surface area contributed by atoms with Crippen LogP contribution in [-0.4, -0.2) is 23.5 Å². The molecule has 0 aliphatic heterocycles. The highest BCUT2D eigenvalue weighted by atomic mass is 19.2. The van der Waals surface area contributed by atoms with Crippen LogP contribution in [0.2, 0.25) is 0 Å². The van der Waals surface area contributed by atoms with E-state index in [-0.39, 0.29) is 25.3 Å². The number of hydrogen-bond acceptors (Lipinski definition) is 2. The number of hydrogen-bond donors (Lipinski definition) is 2. The second-order valence-electron chi connectivity index (χ2n) is 5.11. The minimum atomic E-state index is -0.939. The number of halogens is 2. The van der Waals surface area contributed by atoms with Gasteiger partial charge in [-0.15, -0.1) is 0 Å². The van der Waals surface area contributed by atoms with Crippen molar-refractivity contribution in [2.24, 2.45) is 5.41 Å². The Morgan fingerprint density at radius 1 is 1.25 bits per heavy atom. The molecule has 0 spiro atoms. The summed E-state index contributed by atoms with van der Waals surface area (Å²) >= 11 is 0. The van der Waals surface area contributed by atoms with E-state index >= 15 is 0 Å². The molecule has 1 aromatic rings. The van der Waals surface area contributed by atoms with Crippen LogP contribution in [0.1, 0.15) is 24.8 Å². The third-order valence-corrected chi connectivity index (χ3v) is 3.56. The molecule has 1 aromatic carbocycles. The van der Waals surface area contributed by atoms with Gasteiger partial charge in [0.25, 0.3) is 0 Å². The maximum atomic E-state index is 13.0. The molecule has 20 heavy (non-hydrogen) atoms. The highest BCUT2D eigenvalue weighted by Gasteiger charge is 2.50. The molecular formula is C14H15F2NO3. The molecule has 108 valence electrons. The van der Waals surface area contributed by atoms with E-state index < -0.39 is 23.0 Å². The summed E-state index contributed by atoms with van der Waals surface area (Å²) in [6.45, 7) is 0.124. The van der Waals surface area contributed by atoms with Gasteiger partial charge >= 0.3 is 5.97 Å². The molecule has 1 aliphatic rings. The number of benzene rings is 1. The molecule has 0 bridgehead atoms. The average Bonchev–Trinajstić information content (AvgIpc) is 3.19. The minimum Gasteiger partial charge on any atom is -0.481 e. The van der Waals surface area contributed by atoms with E-state index in [2.05, 4.69) is 5.32 Å². The Kier molecular flexibility index (Phi) is 4.01. The second kappa shape index (κ2) is 5.56. The van der Waals surface area contributed by atoms with Gasteiger partial charge in [-0.3, -0.25) is 9.59 Å². The Hall–Kier alpha value is -1.98. The summed E-state index contributed by atoms with van der Waals surface area (Å²) in [7, 11) is 0. The maximum absolute atomic E-state index is 13.0. The third kappa shape index (κ3) is 3.31. The van der Waals surface area contributed by atoms with E-state index in [1.807, 2.05) is 0 Å².